The average molecular weight is 382 g/mol. The van der Waals surface area contributed by atoms with Crippen LogP contribution in [-0.4, -0.2) is 22.8 Å². The standard InChI is InChI=1S/C12H11BrF3N3OS/c1-7(20-9-5-3-2-4-8(9)13)6-17-11-19-18-10(21-11)12(14,15)16/h2-5,7H,6H2,1H3,(H,17,19). The normalized spacial score (nSPS) is 13.0. The SMILES string of the molecule is CC(CNc1nnc(C(F)(F)F)s1)Oc1ccccc1Br. The molecule has 9 heteroatoms. The fourth-order valence-electron chi connectivity index (χ4n) is 1.44. The van der Waals surface area contributed by atoms with Crippen LogP contribution in [0.15, 0.2) is 28.7 Å². The van der Waals surface area contributed by atoms with Crippen LogP contribution in [0.2, 0.25) is 0 Å². The Bertz CT molecular complexity index is 605. The number of halogens is 4. The molecule has 1 unspecified atom stereocenters. The van der Waals surface area contributed by atoms with Gasteiger partial charge in [0.1, 0.15) is 11.9 Å². The first kappa shape index (κ1) is 16.0. The van der Waals surface area contributed by atoms with E-state index >= 15 is 0 Å². The van der Waals surface area contributed by atoms with Crippen LogP contribution in [-0.2, 0) is 6.18 Å². The zero-order valence-electron chi connectivity index (χ0n) is 10.8. The quantitative estimate of drug-likeness (QED) is 0.842. The predicted molar refractivity (Wildman–Crippen MR) is 77.6 cm³/mol. The summed E-state index contributed by atoms with van der Waals surface area (Å²) in [7, 11) is 0. The first-order valence-corrected chi connectivity index (χ1v) is 7.53. The fraction of sp³-hybridized carbons (Fsp3) is 0.333. The third-order valence-corrected chi connectivity index (χ3v) is 3.95. The molecule has 1 aromatic heterocycles. The molecule has 0 aliphatic heterocycles. The lowest BCUT2D eigenvalue weighted by Gasteiger charge is -2.15. The molecule has 2 rings (SSSR count). The molecular weight excluding hydrogens is 371 g/mol. The molecule has 114 valence electrons. The van der Waals surface area contributed by atoms with E-state index < -0.39 is 11.2 Å². The van der Waals surface area contributed by atoms with E-state index in [1.54, 1.807) is 13.0 Å². The first-order valence-electron chi connectivity index (χ1n) is 5.92. The summed E-state index contributed by atoms with van der Waals surface area (Å²) in [6.07, 6.45) is -4.71. The molecule has 0 radical (unpaired) electrons. The molecule has 1 heterocycles. The zero-order chi connectivity index (χ0) is 15.5. The van der Waals surface area contributed by atoms with Crippen molar-refractivity contribution in [1.82, 2.24) is 10.2 Å². The van der Waals surface area contributed by atoms with Crippen LogP contribution in [0.25, 0.3) is 0 Å². The largest absolute Gasteiger partial charge is 0.488 e. The second-order valence-corrected chi connectivity index (χ2v) is 5.98. The topological polar surface area (TPSA) is 47.0 Å². The van der Waals surface area contributed by atoms with Gasteiger partial charge in [-0.2, -0.15) is 13.2 Å². The summed E-state index contributed by atoms with van der Waals surface area (Å²) in [5, 5.41) is 8.48. The summed E-state index contributed by atoms with van der Waals surface area (Å²) in [4.78, 5) is 0. The molecule has 0 spiro atoms. The van der Waals surface area contributed by atoms with Gasteiger partial charge in [0.15, 0.2) is 0 Å². The van der Waals surface area contributed by atoms with E-state index in [9.17, 15) is 13.2 Å². The van der Waals surface area contributed by atoms with Crippen LogP contribution in [0.3, 0.4) is 0 Å². The number of nitrogens with one attached hydrogen (secondary N) is 1. The third-order valence-electron chi connectivity index (χ3n) is 2.37. The van der Waals surface area contributed by atoms with Gasteiger partial charge in [-0.15, -0.1) is 10.2 Å². The van der Waals surface area contributed by atoms with Crippen LogP contribution in [0.4, 0.5) is 18.3 Å². The lowest BCUT2D eigenvalue weighted by molar-refractivity contribution is -0.138. The van der Waals surface area contributed by atoms with Gasteiger partial charge in [-0.25, -0.2) is 0 Å². The maximum atomic E-state index is 12.4. The number of hydrogen-bond acceptors (Lipinski definition) is 5. The maximum Gasteiger partial charge on any atom is 0.445 e. The first-order chi connectivity index (χ1) is 9.86. The Kier molecular flexibility index (Phi) is 5.04. The Balaban J connectivity index is 1.88. The van der Waals surface area contributed by atoms with Crippen molar-refractivity contribution in [2.24, 2.45) is 0 Å². The van der Waals surface area contributed by atoms with Crippen LogP contribution in [0.1, 0.15) is 11.9 Å². The van der Waals surface area contributed by atoms with Gasteiger partial charge in [0.2, 0.25) is 10.1 Å². The van der Waals surface area contributed by atoms with Crippen molar-refractivity contribution in [2.75, 3.05) is 11.9 Å². The molecule has 0 aliphatic carbocycles. The van der Waals surface area contributed by atoms with Gasteiger partial charge in [0, 0.05) is 0 Å². The van der Waals surface area contributed by atoms with Crippen molar-refractivity contribution >= 4 is 32.4 Å². The van der Waals surface area contributed by atoms with Crippen molar-refractivity contribution in [2.45, 2.75) is 19.2 Å². The number of benzene rings is 1. The molecule has 0 fully saturated rings. The van der Waals surface area contributed by atoms with E-state index in [0.29, 0.717) is 23.6 Å². The van der Waals surface area contributed by atoms with E-state index in [4.69, 9.17) is 4.74 Å². The number of ether oxygens (including phenoxy) is 1. The Morgan fingerprint density at radius 2 is 2.05 bits per heavy atom. The van der Waals surface area contributed by atoms with Crippen molar-refractivity contribution < 1.29 is 17.9 Å². The minimum atomic E-state index is -4.46. The number of hydrogen-bond donors (Lipinski definition) is 1. The molecule has 21 heavy (non-hydrogen) atoms. The molecule has 1 N–H and O–H groups in total. The smallest absolute Gasteiger partial charge is 0.445 e. The average Bonchev–Trinajstić information content (AvgIpc) is 2.88. The molecule has 0 aliphatic rings. The van der Waals surface area contributed by atoms with Gasteiger partial charge in [0.05, 0.1) is 11.0 Å². The zero-order valence-corrected chi connectivity index (χ0v) is 13.2. The highest BCUT2D eigenvalue weighted by atomic mass is 79.9. The summed E-state index contributed by atoms with van der Waals surface area (Å²) in [5.41, 5.74) is 0. The van der Waals surface area contributed by atoms with Gasteiger partial charge in [-0.05, 0) is 35.0 Å². The van der Waals surface area contributed by atoms with Gasteiger partial charge in [-0.3, -0.25) is 0 Å². The lowest BCUT2D eigenvalue weighted by Crippen LogP contribution is -2.22. The highest BCUT2D eigenvalue weighted by molar-refractivity contribution is 9.10. The van der Waals surface area contributed by atoms with E-state index in [1.807, 2.05) is 18.2 Å². The van der Waals surface area contributed by atoms with E-state index in [-0.39, 0.29) is 11.2 Å². The number of para-hydroxylation sites is 1. The Morgan fingerprint density at radius 1 is 1.33 bits per heavy atom. The Morgan fingerprint density at radius 3 is 2.67 bits per heavy atom. The van der Waals surface area contributed by atoms with E-state index in [2.05, 4.69) is 31.4 Å². The van der Waals surface area contributed by atoms with Crippen LogP contribution < -0.4 is 10.1 Å². The number of alkyl halides is 3. The monoisotopic (exact) mass is 381 g/mol. The summed E-state index contributed by atoms with van der Waals surface area (Å²) >= 11 is 3.82. The molecule has 1 atom stereocenters. The summed E-state index contributed by atoms with van der Waals surface area (Å²) < 4.78 is 43.6. The molecular formula is C12H11BrF3N3OS. The summed E-state index contributed by atoms with van der Waals surface area (Å²) in [5.74, 6) is 0.667. The predicted octanol–water partition coefficient (Wildman–Crippen LogP) is 4.20. The van der Waals surface area contributed by atoms with Crippen molar-refractivity contribution in [3.63, 3.8) is 0 Å². The van der Waals surface area contributed by atoms with E-state index in [0.717, 1.165) is 4.47 Å². The summed E-state index contributed by atoms with van der Waals surface area (Å²) in [6.45, 7) is 2.12. The molecule has 0 bridgehead atoms. The van der Waals surface area contributed by atoms with Gasteiger partial charge >= 0.3 is 6.18 Å². The highest BCUT2D eigenvalue weighted by Crippen LogP contribution is 2.33. The molecule has 0 saturated carbocycles. The van der Waals surface area contributed by atoms with Crippen molar-refractivity contribution in [1.29, 1.82) is 0 Å². The van der Waals surface area contributed by atoms with Crippen LogP contribution in [0.5, 0.6) is 5.75 Å². The highest BCUT2D eigenvalue weighted by Gasteiger charge is 2.35. The van der Waals surface area contributed by atoms with Crippen molar-refractivity contribution in [3.05, 3.63) is 33.7 Å². The number of rotatable bonds is 5. The van der Waals surface area contributed by atoms with Crippen LogP contribution >= 0.6 is 27.3 Å². The van der Waals surface area contributed by atoms with Crippen molar-refractivity contribution in [3.8, 4) is 5.75 Å². The van der Waals surface area contributed by atoms with Gasteiger partial charge < -0.3 is 10.1 Å². The second-order valence-electron chi connectivity index (χ2n) is 4.15. The molecule has 4 nitrogen and oxygen atoms in total. The third kappa shape index (κ3) is 4.57. The maximum absolute atomic E-state index is 12.4. The molecule has 0 saturated heterocycles. The Hall–Kier alpha value is -1.35. The van der Waals surface area contributed by atoms with Gasteiger partial charge in [0.25, 0.3) is 0 Å². The second kappa shape index (κ2) is 6.61. The number of anilines is 1. The minimum Gasteiger partial charge on any atom is -0.488 e. The molecule has 2 aromatic rings. The summed E-state index contributed by atoms with van der Waals surface area (Å²) in [6, 6.07) is 7.34. The van der Waals surface area contributed by atoms with Crippen LogP contribution in [0, 0.1) is 0 Å². The number of nitrogens with zero attached hydrogens (tertiary/aromatic N) is 2. The molecule has 0 amide bonds. The van der Waals surface area contributed by atoms with E-state index in [1.165, 1.54) is 0 Å². The fourth-order valence-corrected chi connectivity index (χ4v) is 2.43. The number of aromatic nitrogens is 2. The Labute approximate surface area is 131 Å². The van der Waals surface area contributed by atoms with Gasteiger partial charge in [-0.1, -0.05) is 23.5 Å². The lowest BCUT2D eigenvalue weighted by atomic mass is 10.3. The molecule has 1 aromatic carbocycles. The minimum absolute atomic E-state index is 0.116.